The molecular formula is C45H55N3O11. The molecule has 1 amide bonds. The number of nitrogens with one attached hydrogen (secondary N) is 2. The number of aliphatic hydroxyl groups is 4. The third-order valence-electron chi connectivity index (χ3n) is 10.7. The van der Waals surface area contributed by atoms with E-state index in [1.807, 2.05) is 36.4 Å². The van der Waals surface area contributed by atoms with Crippen molar-refractivity contribution in [3.8, 4) is 28.7 Å². The number of unbranched alkanes of at least 4 members (excludes halogenated alkanes) is 6. The molecule has 14 nitrogen and oxygen atoms in total. The first kappa shape index (κ1) is 43.0. The Labute approximate surface area is 344 Å². The van der Waals surface area contributed by atoms with E-state index in [2.05, 4.69) is 15.8 Å². The number of ether oxygens (including phenoxy) is 5. The predicted molar refractivity (Wildman–Crippen MR) is 221 cm³/mol. The second kappa shape index (κ2) is 20.9. The van der Waals surface area contributed by atoms with Crippen LogP contribution in [0.15, 0.2) is 65.8 Å². The lowest BCUT2D eigenvalue weighted by molar-refractivity contribution is 0.0853. The van der Waals surface area contributed by atoms with Crippen LogP contribution in [0, 0.1) is 0 Å². The van der Waals surface area contributed by atoms with Gasteiger partial charge >= 0.3 is 0 Å². The Kier molecular flexibility index (Phi) is 15.3. The number of carbonyl (C=O) groups is 1. The average Bonchev–Trinajstić information content (AvgIpc) is 3.78. The summed E-state index contributed by atoms with van der Waals surface area (Å²) < 4.78 is 28.9. The van der Waals surface area contributed by atoms with Crippen LogP contribution in [0.25, 0.3) is 0 Å². The van der Waals surface area contributed by atoms with Gasteiger partial charge < -0.3 is 59.6 Å². The summed E-state index contributed by atoms with van der Waals surface area (Å²) in [5.74, 6) is 2.62. The van der Waals surface area contributed by atoms with E-state index in [-0.39, 0.29) is 32.3 Å². The van der Waals surface area contributed by atoms with Gasteiger partial charge in [-0.05, 0) is 95.3 Å². The molecule has 6 rings (SSSR count). The summed E-state index contributed by atoms with van der Waals surface area (Å²) in [5.41, 5.74) is 6.51. The molecule has 2 unspecified atom stereocenters. The van der Waals surface area contributed by atoms with Crippen molar-refractivity contribution in [2.24, 2.45) is 5.16 Å². The van der Waals surface area contributed by atoms with Crippen LogP contribution in [0.2, 0.25) is 0 Å². The number of hydrogen-bond acceptors (Lipinski definition) is 13. The molecule has 2 aliphatic heterocycles. The van der Waals surface area contributed by atoms with Gasteiger partial charge in [0.2, 0.25) is 5.75 Å². The Morgan fingerprint density at radius 2 is 1.29 bits per heavy atom. The lowest BCUT2D eigenvalue weighted by Crippen LogP contribution is -2.38. The summed E-state index contributed by atoms with van der Waals surface area (Å²) in [5, 5.41) is 50.1. The van der Waals surface area contributed by atoms with Crippen LogP contribution < -0.4 is 34.3 Å². The van der Waals surface area contributed by atoms with E-state index in [0.29, 0.717) is 87.6 Å². The standard InChI is InChI=1S/C45H55N3O11/c1-54-34-12-13-37-35(22-34)45(53)47-44(46-37)28-11-14-39(33(17-28)26-51)57-15-9-7-5-4-6-8-10-16-58-43-41(55-2)20-29(21-42(43)56-3)38-23-40(59-48-38)30-18-31(24-49)36(27-52)32(19-30)25-50/h11-14,17-22,40,44,46,49-52H,4-10,15-16,23-27H2,1-3H3,(H,47,53). The van der Waals surface area contributed by atoms with Crippen LogP contribution in [0.1, 0.15) is 113 Å². The van der Waals surface area contributed by atoms with Gasteiger partial charge in [-0.1, -0.05) is 43.3 Å². The van der Waals surface area contributed by atoms with Gasteiger partial charge in [0.05, 0.1) is 72.2 Å². The molecule has 0 radical (unpaired) electrons. The Balaban J connectivity index is 0.896. The Morgan fingerprint density at radius 1 is 0.661 bits per heavy atom. The monoisotopic (exact) mass is 813 g/mol. The van der Waals surface area contributed by atoms with Gasteiger partial charge in [0.15, 0.2) is 17.6 Å². The highest BCUT2D eigenvalue weighted by molar-refractivity contribution is 6.03. The van der Waals surface area contributed by atoms with Gasteiger partial charge in [-0.3, -0.25) is 4.79 Å². The first-order valence-electron chi connectivity index (χ1n) is 20.0. The Hall–Kier alpha value is -5.54. The van der Waals surface area contributed by atoms with Crippen LogP contribution in [-0.4, -0.2) is 66.6 Å². The van der Waals surface area contributed by atoms with Crippen LogP contribution >= 0.6 is 0 Å². The molecule has 2 atom stereocenters. The number of oxime groups is 1. The molecule has 2 heterocycles. The summed E-state index contributed by atoms with van der Waals surface area (Å²) >= 11 is 0. The number of benzene rings is 4. The summed E-state index contributed by atoms with van der Waals surface area (Å²) in [6.45, 7) is 0.0571. The van der Waals surface area contributed by atoms with E-state index < -0.39 is 12.3 Å². The molecule has 59 heavy (non-hydrogen) atoms. The highest BCUT2D eigenvalue weighted by Gasteiger charge is 2.28. The summed E-state index contributed by atoms with van der Waals surface area (Å²) in [7, 11) is 4.73. The van der Waals surface area contributed by atoms with Crippen molar-refractivity contribution in [2.45, 2.75) is 90.1 Å². The molecule has 6 N–H and O–H groups in total. The largest absolute Gasteiger partial charge is 0.497 e. The van der Waals surface area contributed by atoms with Crippen LogP contribution in [-0.2, 0) is 31.3 Å². The minimum absolute atomic E-state index is 0.178. The SMILES string of the molecule is COc1ccc2c(c1)C(=O)NC(c1ccc(OCCCCCCCCCOc3c(OC)cc(C4=NOC(c5cc(CO)c(CO)c(CO)c5)C4)cc3OC)c(CO)c1)N2. The number of aliphatic hydroxyl groups excluding tert-OH is 4. The first-order valence-corrected chi connectivity index (χ1v) is 20.0. The number of anilines is 1. The molecule has 0 bridgehead atoms. The molecule has 2 aliphatic rings. The fourth-order valence-corrected chi connectivity index (χ4v) is 7.43. The van der Waals surface area contributed by atoms with Crippen molar-refractivity contribution in [1.82, 2.24) is 5.32 Å². The summed E-state index contributed by atoms with van der Waals surface area (Å²) in [4.78, 5) is 18.6. The maximum Gasteiger partial charge on any atom is 0.255 e. The maximum atomic E-state index is 12.8. The lowest BCUT2D eigenvalue weighted by atomic mass is 9.93. The molecule has 14 heteroatoms. The average molecular weight is 814 g/mol. The number of hydrogen-bond donors (Lipinski definition) is 6. The molecule has 0 aliphatic carbocycles. The maximum absolute atomic E-state index is 12.8. The quantitative estimate of drug-likeness (QED) is 0.0468. The van der Waals surface area contributed by atoms with Crippen molar-refractivity contribution in [2.75, 3.05) is 39.9 Å². The topological polar surface area (TPSA) is 190 Å². The fraction of sp³-hybridized carbons (Fsp3) is 0.422. The van der Waals surface area contributed by atoms with Gasteiger partial charge in [0.25, 0.3) is 5.91 Å². The van der Waals surface area contributed by atoms with E-state index in [9.17, 15) is 25.2 Å². The highest BCUT2D eigenvalue weighted by Crippen LogP contribution is 2.41. The van der Waals surface area contributed by atoms with Gasteiger partial charge in [-0.2, -0.15) is 0 Å². The number of amides is 1. The Morgan fingerprint density at radius 3 is 1.90 bits per heavy atom. The van der Waals surface area contributed by atoms with Crippen LogP contribution in [0.5, 0.6) is 28.7 Å². The molecular weight excluding hydrogens is 759 g/mol. The normalized spacial score (nSPS) is 15.7. The first-order chi connectivity index (χ1) is 28.8. The number of rotatable bonds is 22. The van der Waals surface area contributed by atoms with Crippen LogP contribution in [0.3, 0.4) is 0 Å². The third kappa shape index (κ3) is 10.4. The number of fused-ring (bicyclic) bond motifs is 1. The minimum atomic E-state index is -0.439. The second-order valence-electron chi connectivity index (χ2n) is 14.5. The zero-order valence-corrected chi connectivity index (χ0v) is 33.9. The van der Waals surface area contributed by atoms with E-state index in [1.165, 1.54) is 0 Å². The summed E-state index contributed by atoms with van der Waals surface area (Å²) in [6.07, 6.45) is 6.69. The van der Waals surface area contributed by atoms with E-state index >= 15 is 0 Å². The molecule has 0 saturated heterocycles. The van der Waals surface area contributed by atoms with Crippen molar-refractivity contribution < 1.29 is 53.7 Å². The fourth-order valence-electron chi connectivity index (χ4n) is 7.43. The molecule has 0 spiro atoms. The van der Waals surface area contributed by atoms with Crippen molar-refractivity contribution in [1.29, 1.82) is 0 Å². The van der Waals surface area contributed by atoms with Gasteiger partial charge in [0.1, 0.15) is 17.7 Å². The van der Waals surface area contributed by atoms with Crippen molar-refractivity contribution in [3.05, 3.63) is 105 Å². The number of carbonyl (C=O) groups excluding carboxylic acids is 1. The second-order valence-corrected chi connectivity index (χ2v) is 14.5. The molecule has 0 saturated carbocycles. The molecule has 4 aromatic rings. The smallest absolute Gasteiger partial charge is 0.255 e. The predicted octanol–water partition coefficient (Wildman–Crippen LogP) is 6.59. The van der Waals surface area contributed by atoms with Crippen molar-refractivity contribution in [3.63, 3.8) is 0 Å². The number of nitrogens with zero attached hydrogens (tertiary/aromatic N) is 1. The minimum Gasteiger partial charge on any atom is -0.497 e. The van der Waals surface area contributed by atoms with E-state index in [1.54, 1.807) is 45.6 Å². The van der Waals surface area contributed by atoms with Crippen molar-refractivity contribution >= 4 is 17.3 Å². The molecule has 0 aromatic heterocycles. The van der Waals surface area contributed by atoms with Gasteiger partial charge in [-0.25, -0.2) is 0 Å². The lowest BCUT2D eigenvalue weighted by Gasteiger charge is -2.29. The highest BCUT2D eigenvalue weighted by atomic mass is 16.6. The van der Waals surface area contributed by atoms with Gasteiger partial charge in [0, 0.05) is 23.2 Å². The summed E-state index contributed by atoms with van der Waals surface area (Å²) in [6, 6.07) is 18.2. The van der Waals surface area contributed by atoms with E-state index in [0.717, 1.165) is 61.6 Å². The van der Waals surface area contributed by atoms with Crippen LogP contribution in [0.4, 0.5) is 5.69 Å². The third-order valence-corrected chi connectivity index (χ3v) is 10.7. The zero-order valence-electron chi connectivity index (χ0n) is 33.9. The Bertz CT molecular complexity index is 2040. The molecule has 4 aromatic carbocycles. The molecule has 0 fully saturated rings. The number of methoxy groups -OCH3 is 3. The zero-order chi connectivity index (χ0) is 41.7. The van der Waals surface area contributed by atoms with Gasteiger partial charge in [-0.15, -0.1) is 0 Å². The molecule has 316 valence electrons. The van der Waals surface area contributed by atoms with E-state index in [4.69, 9.17) is 28.5 Å².